The number of fused-ring (bicyclic) bond motifs is 1. The number of imidazole rings is 1. The van der Waals surface area contributed by atoms with Gasteiger partial charge in [0, 0.05) is 29.0 Å². The Hall–Kier alpha value is -6.72. The Balaban J connectivity index is 0.999. The van der Waals surface area contributed by atoms with E-state index in [2.05, 4.69) is 95.3 Å². The maximum absolute atomic E-state index is 13.7. The van der Waals surface area contributed by atoms with Gasteiger partial charge in [0.15, 0.2) is 5.82 Å². The van der Waals surface area contributed by atoms with E-state index in [0.29, 0.717) is 46.1 Å². The fourth-order valence-electron chi connectivity index (χ4n) is 7.28. The van der Waals surface area contributed by atoms with Crippen LogP contribution in [0.5, 0.6) is 0 Å². The molecule has 4 aromatic carbocycles. The number of tetrazole rings is 1. The first-order valence-electron chi connectivity index (χ1n) is 18.1. The number of aromatic nitrogens is 8. The van der Waals surface area contributed by atoms with Crippen molar-refractivity contribution in [2.75, 3.05) is 10.6 Å². The summed E-state index contributed by atoms with van der Waals surface area (Å²) in [7, 11) is 0. The van der Waals surface area contributed by atoms with Crippen molar-refractivity contribution in [3.8, 4) is 11.4 Å². The van der Waals surface area contributed by atoms with Crippen LogP contribution in [0.2, 0.25) is 5.02 Å². The maximum atomic E-state index is 13.7. The third-order valence-corrected chi connectivity index (χ3v) is 10.2. The Bertz CT molecular complexity index is 2510. The first kappa shape index (κ1) is 34.1. The average molecular weight is 743 g/mol. The van der Waals surface area contributed by atoms with Gasteiger partial charge in [0.05, 0.1) is 18.7 Å². The van der Waals surface area contributed by atoms with E-state index >= 15 is 0 Å². The molecule has 0 saturated heterocycles. The lowest BCUT2D eigenvalue weighted by molar-refractivity contribution is -0.115. The number of pyridine rings is 1. The van der Waals surface area contributed by atoms with E-state index in [1.165, 1.54) is 24.7 Å². The fraction of sp³-hybridized carbons (Fsp3) is 0.140. The number of anilines is 2. The summed E-state index contributed by atoms with van der Waals surface area (Å²) in [4.78, 5) is 27.1. The molecule has 0 bridgehead atoms. The highest BCUT2D eigenvalue weighted by atomic mass is 35.5. The summed E-state index contributed by atoms with van der Waals surface area (Å²) < 4.78 is 3.92. The SMILES string of the molecule is O=C(Cc1cc(Cl)ccc1-c1nnnn1C(c1ccccc1)(c1ccccc1)c1ccccc1)Nc1cc(NCc2cn3cc(C4CC4)ccc3n2)ncn1. The third-order valence-electron chi connectivity index (χ3n) is 9.98. The van der Waals surface area contributed by atoms with Crippen molar-refractivity contribution in [3.63, 3.8) is 0 Å². The van der Waals surface area contributed by atoms with Gasteiger partial charge in [-0.15, -0.1) is 5.10 Å². The Morgan fingerprint density at radius 3 is 2.13 bits per heavy atom. The number of rotatable bonds is 12. The van der Waals surface area contributed by atoms with Gasteiger partial charge in [0.2, 0.25) is 5.91 Å². The van der Waals surface area contributed by atoms with Crippen molar-refractivity contribution >= 4 is 34.8 Å². The summed E-state index contributed by atoms with van der Waals surface area (Å²) in [5, 5.41) is 20.2. The molecule has 1 amide bonds. The number of nitrogens with zero attached hydrogens (tertiary/aromatic N) is 8. The second-order valence-corrected chi connectivity index (χ2v) is 14.1. The van der Waals surface area contributed by atoms with E-state index in [1.54, 1.807) is 18.2 Å². The van der Waals surface area contributed by atoms with E-state index in [4.69, 9.17) is 16.6 Å². The Morgan fingerprint density at radius 2 is 1.45 bits per heavy atom. The van der Waals surface area contributed by atoms with Crippen LogP contribution in [0, 0.1) is 0 Å². The predicted molar refractivity (Wildman–Crippen MR) is 212 cm³/mol. The van der Waals surface area contributed by atoms with Crippen LogP contribution >= 0.6 is 11.6 Å². The van der Waals surface area contributed by atoms with Gasteiger partial charge in [-0.1, -0.05) is 109 Å². The molecule has 8 aromatic rings. The standard InChI is InChI=1S/C43H35ClN10O/c44-35-19-20-37(42-50-51-52-54(42)43(32-10-4-1-5-11-32,33-12-6-2-7-13-33)34-14-8-3-9-15-34)31(22-35)23-41(55)49-39-24-38(46-28-47-39)45-25-36-27-53-26-30(29-16-17-29)18-21-40(53)48-36/h1-15,18-22,24,26-29H,16-17,23,25H2,(H2,45,46,47,49,55). The normalized spacial score (nSPS) is 12.8. The molecule has 0 aliphatic heterocycles. The zero-order chi connectivity index (χ0) is 37.2. The average Bonchev–Trinajstić information content (AvgIpc) is 3.82. The summed E-state index contributed by atoms with van der Waals surface area (Å²) in [5.41, 5.74) is 6.37. The van der Waals surface area contributed by atoms with Crippen LogP contribution in [-0.4, -0.2) is 45.5 Å². The summed E-state index contributed by atoms with van der Waals surface area (Å²) in [6.07, 6.45) is 8.09. The third kappa shape index (κ3) is 6.81. The lowest BCUT2D eigenvalue weighted by Gasteiger charge is -2.36. The number of hydrogen-bond acceptors (Lipinski definition) is 8. The zero-order valence-electron chi connectivity index (χ0n) is 29.6. The molecule has 1 saturated carbocycles. The van der Waals surface area contributed by atoms with Crippen molar-refractivity contribution in [1.82, 2.24) is 39.6 Å². The van der Waals surface area contributed by atoms with Crippen molar-refractivity contribution in [3.05, 3.63) is 185 Å². The van der Waals surface area contributed by atoms with Crippen molar-refractivity contribution in [2.24, 2.45) is 0 Å². The van der Waals surface area contributed by atoms with Gasteiger partial charge < -0.3 is 15.0 Å². The van der Waals surface area contributed by atoms with Crippen LogP contribution in [0.3, 0.4) is 0 Å². The van der Waals surface area contributed by atoms with E-state index in [0.717, 1.165) is 28.0 Å². The van der Waals surface area contributed by atoms with Crippen molar-refractivity contribution in [2.45, 2.75) is 37.3 Å². The Kier molecular flexibility index (Phi) is 9.05. The van der Waals surface area contributed by atoms with Gasteiger partial charge >= 0.3 is 0 Å². The molecule has 0 atom stereocenters. The van der Waals surface area contributed by atoms with Crippen LogP contribution in [0.25, 0.3) is 17.0 Å². The maximum Gasteiger partial charge on any atom is 0.229 e. The first-order chi connectivity index (χ1) is 27.0. The number of halogens is 1. The number of nitrogens with one attached hydrogen (secondary N) is 2. The second kappa shape index (κ2) is 14.6. The molecule has 1 fully saturated rings. The van der Waals surface area contributed by atoms with Gasteiger partial charge in [-0.05, 0) is 81.3 Å². The molecule has 1 aliphatic rings. The molecule has 9 rings (SSSR count). The number of hydrogen-bond donors (Lipinski definition) is 2. The molecule has 2 N–H and O–H groups in total. The highest BCUT2D eigenvalue weighted by molar-refractivity contribution is 6.30. The molecule has 55 heavy (non-hydrogen) atoms. The molecule has 0 unspecified atom stereocenters. The van der Waals surface area contributed by atoms with Gasteiger partial charge in [-0.25, -0.2) is 19.6 Å². The minimum Gasteiger partial charge on any atom is -0.364 e. The van der Waals surface area contributed by atoms with Crippen LogP contribution in [0.4, 0.5) is 11.6 Å². The summed E-state index contributed by atoms with van der Waals surface area (Å²) in [5.74, 6) is 1.77. The number of amides is 1. The molecular weight excluding hydrogens is 708 g/mol. The van der Waals surface area contributed by atoms with Gasteiger partial charge in [0.1, 0.15) is 29.1 Å². The summed E-state index contributed by atoms with van der Waals surface area (Å²) in [6.45, 7) is 0.460. The largest absolute Gasteiger partial charge is 0.364 e. The second-order valence-electron chi connectivity index (χ2n) is 13.6. The van der Waals surface area contributed by atoms with E-state index in [-0.39, 0.29) is 12.3 Å². The van der Waals surface area contributed by atoms with Crippen molar-refractivity contribution < 1.29 is 4.79 Å². The van der Waals surface area contributed by atoms with E-state index in [1.807, 2.05) is 71.5 Å². The Morgan fingerprint density at radius 1 is 0.782 bits per heavy atom. The minimum absolute atomic E-state index is 0.0192. The van der Waals surface area contributed by atoms with Gasteiger partial charge in [0.25, 0.3) is 0 Å². The molecule has 12 heteroatoms. The molecule has 4 heterocycles. The van der Waals surface area contributed by atoms with E-state index in [9.17, 15) is 4.79 Å². The Labute approximate surface area is 322 Å². The zero-order valence-corrected chi connectivity index (χ0v) is 30.4. The van der Waals surface area contributed by atoms with Gasteiger partial charge in [-0.3, -0.25) is 4.79 Å². The van der Waals surface area contributed by atoms with Crippen molar-refractivity contribution in [1.29, 1.82) is 0 Å². The van der Waals surface area contributed by atoms with Crippen LogP contribution in [0.15, 0.2) is 146 Å². The number of carbonyl (C=O) groups excluding carboxylic acids is 1. The highest BCUT2D eigenvalue weighted by Gasteiger charge is 2.42. The lowest BCUT2D eigenvalue weighted by Crippen LogP contribution is -2.39. The van der Waals surface area contributed by atoms with E-state index < -0.39 is 5.54 Å². The van der Waals surface area contributed by atoms with Crippen LogP contribution in [-0.2, 0) is 23.3 Å². The summed E-state index contributed by atoms with van der Waals surface area (Å²) >= 11 is 6.57. The first-order valence-corrected chi connectivity index (χ1v) is 18.5. The molecule has 0 spiro atoms. The molecule has 11 nitrogen and oxygen atoms in total. The molecule has 4 aromatic heterocycles. The highest BCUT2D eigenvalue weighted by Crippen LogP contribution is 2.43. The molecular formula is C43H35ClN10O. The number of carbonyl (C=O) groups is 1. The molecule has 270 valence electrons. The predicted octanol–water partition coefficient (Wildman–Crippen LogP) is 7.94. The molecule has 0 radical (unpaired) electrons. The monoisotopic (exact) mass is 742 g/mol. The minimum atomic E-state index is -0.963. The fourth-order valence-corrected chi connectivity index (χ4v) is 7.48. The van der Waals surface area contributed by atoms with Crippen LogP contribution in [0.1, 0.15) is 52.3 Å². The van der Waals surface area contributed by atoms with Gasteiger partial charge in [-0.2, -0.15) is 0 Å². The lowest BCUT2D eigenvalue weighted by atomic mass is 9.77. The smallest absolute Gasteiger partial charge is 0.229 e. The molecule has 1 aliphatic carbocycles. The van der Waals surface area contributed by atoms with Crippen LogP contribution < -0.4 is 10.6 Å². The summed E-state index contributed by atoms with van der Waals surface area (Å²) in [6, 6.07) is 41.8. The topological polar surface area (TPSA) is 128 Å². The number of benzene rings is 4. The quantitative estimate of drug-likeness (QED) is 0.121.